The highest BCUT2D eigenvalue weighted by atomic mass is 28.4. The van der Waals surface area contributed by atoms with E-state index in [1.54, 1.807) is 19.2 Å². The Labute approximate surface area is 489 Å². The van der Waals surface area contributed by atoms with Crippen LogP contribution in [0.15, 0.2) is 35.4 Å². The second-order valence-electron chi connectivity index (χ2n) is 21.3. The third kappa shape index (κ3) is 19.6. The molecule has 32 heteroatoms. The number of benzene rings is 1. The van der Waals surface area contributed by atoms with Gasteiger partial charge in [0.1, 0.15) is 49.8 Å². The largest absolute Gasteiger partial charge is 0.465 e. The number of esters is 10. The number of carbonyl (C=O) groups is 11. The zero-order valence-electron chi connectivity index (χ0n) is 49.7. The number of azide groups is 1. The molecule has 1 amide bonds. The molecule has 0 aliphatic carbocycles. The SMILES string of the molecule is COC(=O)[C@@]1(OC[C@H]2O[C@@H](O[Si](C)(C)C(C)(C)C)[C@H](N=[N+]=[N-])[C@@H](O[C@@H]3O[C@H](COC(C)=O)[C@H](OC(C)=O)[C@H](OC(C)=O)[C@H]3OC(=O)c3ccccc3)[C@H]2OC(C)=O)C[C@H](OC(C)=O)[C@@H](NC(C)=O)[C@H]([C@H](OC(C)=O)[C@@H](COC(C)=O)OC(C)=O)O1. The molecule has 3 heterocycles. The van der Waals surface area contributed by atoms with Gasteiger partial charge >= 0.3 is 59.7 Å². The number of ether oxygens (including phenoxy) is 15. The van der Waals surface area contributed by atoms with Gasteiger partial charge in [-0.2, -0.15) is 0 Å². The minimum absolute atomic E-state index is 0.0544. The molecule has 1 N–H and O–H groups in total. The van der Waals surface area contributed by atoms with Gasteiger partial charge in [0.15, 0.2) is 57.5 Å². The predicted molar refractivity (Wildman–Crippen MR) is 283 cm³/mol. The molecule has 0 unspecified atom stereocenters. The van der Waals surface area contributed by atoms with Crippen molar-refractivity contribution in [2.75, 3.05) is 26.9 Å². The van der Waals surface area contributed by atoms with Gasteiger partial charge in [0, 0.05) is 67.2 Å². The molecular formula is C53H74N4O27Si. The molecule has 4 rings (SSSR count). The maximum atomic E-state index is 14.6. The summed E-state index contributed by atoms with van der Waals surface area (Å²) in [6.07, 6.45) is -25.0. The van der Waals surface area contributed by atoms with Gasteiger partial charge < -0.3 is 80.8 Å². The number of hydrogen-bond acceptors (Lipinski definition) is 28. The fourth-order valence-electron chi connectivity index (χ4n) is 9.05. The van der Waals surface area contributed by atoms with Crippen molar-refractivity contribution in [3.8, 4) is 0 Å². The van der Waals surface area contributed by atoms with Crippen molar-refractivity contribution in [1.29, 1.82) is 0 Å². The average Bonchev–Trinajstić information content (AvgIpc) is 1.27. The Morgan fingerprint density at radius 2 is 1.22 bits per heavy atom. The Bertz CT molecular complexity index is 2650. The highest BCUT2D eigenvalue weighted by molar-refractivity contribution is 6.74. The first-order valence-corrected chi connectivity index (χ1v) is 29.5. The predicted octanol–water partition coefficient (Wildman–Crippen LogP) is 2.64. The summed E-state index contributed by atoms with van der Waals surface area (Å²) in [5, 5.41) is 5.92. The van der Waals surface area contributed by atoms with Crippen LogP contribution in [-0.2, 0) is 123 Å². The molecule has 0 aromatic heterocycles. The molecule has 3 fully saturated rings. The van der Waals surface area contributed by atoms with E-state index in [2.05, 4.69) is 15.3 Å². The Kier molecular flexibility index (Phi) is 25.3. The van der Waals surface area contributed by atoms with Crippen LogP contribution in [0.3, 0.4) is 0 Å². The highest BCUT2D eigenvalue weighted by Gasteiger charge is 2.62. The lowest BCUT2D eigenvalue weighted by Crippen LogP contribution is -2.70. The van der Waals surface area contributed by atoms with Crippen molar-refractivity contribution in [2.45, 2.75) is 205 Å². The van der Waals surface area contributed by atoms with Crippen LogP contribution < -0.4 is 5.32 Å². The molecule has 1 aromatic carbocycles. The smallest absolute Gasteiger partial charge is 0.366 e. The summed E-state index contributed by atoms with van der Waals surface area (Å²) in [4.78, 5) is 147. The van der Waals surface area contributed by atoms with E-state index in [1.807, 2.05) is 20.8 Å². The van der Waals surface area contributed by atoms with Crippen molar-refractivity contribution < 1.29 is 128 Å². The van der Waals surface area contributed by atoms with Crippen LogP contribution in [-0.4, -0.2) is 198 Å². The van der Waals surface area contributed by atoms with Crippen molar-refractivity contribution >= 4 is 73.9 Å². The minimum Gasteiger partial charge on any atom is -0.465 e. The zero-order valence-corrected chi connectivity index (χ0v) is 50.7. The van der Waals surface area contributed by atoms with Gasteiger partial charge in [-0.1, -0.05) is 44.1 Å². The van der Waals surface area contributed by atoms with E-state index in [-0.39, 0.29) is 5.56 Å². The van der Waals surface area contributed by atoms with E-state index >= 15 is 0 Å². The number of amides is 1. The van der Waals surface area contributed by atoms with E-state index in [9.17, 15) is 58.3 Å². The first kappa shape index (κ1) is 70.2. The highest BCUT2D eigenvalue weighted by Crippen LogP contribution is 2.43. The molecule has 3 saturated heterocycles. The van der Waals surface area contributed by atoms with E-state index in [4.69, 9.17) is 75.5 Å². The molecule has 0 spiro atoms. The molecule has 0 bridgehead atoms. The van der Waals surface area contributed by atoms with Crippen LogP contribution in [0.1, 0.15) is 99.9 Å². The van der Waals surface area contributed by atoms with Crippen LogP contribution >= 0.6 is 0 Å². The number of rotatable bonds is 24. The topological polar surface area (TPSA) is 396 Å². The molecule has 0 saturated carbocycles. The monoisotopic (exact) mass is 1230 g/mol. The fraction of sp³-hybridized carbons (Fsp3) is 0.679. The molecule has 1 aromatic rings. The number of hydrogen-bond donors (Lipinski definition) is 1. The standard InChI is InChI=1S/C53H74N4O27Si/c1-25(58)55-39-35(73-28(4)61)21-53(51(68)69-13,83-45(39)42(76-31(7)64)36(74-29(5)62)22-70-26(2)59)72-24-38-41(75-30(6)63)44(40(56-57-54)49(79-38)84-85(14,15)52(10,11)12)82-50-47(81-48(67)34-19-17-16-18-20-34)46(78-33(9)66)43(77-32(8)65)37(80-50)23-71-27(3)60/h16-20,35-47,49-50H,21-24H2,1-15H3,(H,55,58)/t35-,36+,37+,38+,39+,40+,41-,42+,43-,44+,45+,46-,47+,49-,50-,53+/m0/s1. The third-order valence-corrected chi connectivity index (χ3v) is 17.9. The minimum atomic E-state index is -3.16. The van der Waals surface area contributed by atoms with Gasteiger partial charge in [0.25, 0.3) is 5.79 Å². The van der Waals surface area contributed by atoms with E-state index in [0.717, 1.165) is 69.4 Å². The number of carbonyl (C=O) groups excluding carboxylic acids is 11. The van der Waals surface area contributed by atoms with Crippen molar-refractivity contribution in [1.82, 2.24) is 5.32 Å². The lowest BCUT2D eigenvalue weighted by Gasteiger charge is -2.51. The van der Waals surface area contributed by atoms with Crippen LogP contribution in [0, 0.1) is 0 Å². The van der Waals surface area contributed by atoms with E-state index in [0.29, 0.717) is 0 Å². The van der Waals surface area contributed by atoms with Crippen LogP contribution in [0.5, 0.6) is 0 Å². The lowest BCUT2D eigenvalue weighted by molar-refractivity contribution is -0.349. The summed E-state index contributed by atoms with van der Waals surface area (Å²) < 4.78 is 95.3. The maximum Gasteiger partial charge on any atom is 0.366 e. The second-order valence-corrected chi connectivity index (χ2v) is 26.0. The average molecular weight is 1230 g/mol. The van der Waals surface area contributed by atoms with Crippen molar-refractivity contribution in [3.63, 3.8) is 0 Å². The normalized spacial score (nSPS) is 28.2. The first-order valence-electron chi connectivity index (χ1n) is 26.6. The summed E-state index contributed by atoms with van der Waals surface area (Å²) in [6.45, 7) is 15.6. The quantitative estimate of drug-likeness (QED) is 0.0388. The van der Waals surface area contributed by atoms with Crippen LogP contribution in [0.2, 0.25) is 18.1 Å². The van der Waals surface area contributed by atoms with Gasteiger partial charge in [-0.15, -0.1) is 0 Å². The molecular weight excluding hydrogens is 1150 g/mol. The van der Waals surface area contributed by atoms with Crippen molar-refractivity contribution in [2.24, 2.45) is 5.11 Å². The zero-order chi connectivity index (χ0) is 63.9. The van der Waals surface area contributed by atoms with Gasteiger partial charge in [-0.05, 0) is 35.8 Å². The molecule has 85 heavy (non-hydrogen) atoms. The summed E-state index contributed by atoms with van der Waals surface area (Å²) in [5.74, 6) is -14.0. The number of nitrogens with one attached hydrogen (secondary N) is 1. The first-order chi connectivity index (χ1) is 39.6. The lowest BCUT2D eigenvalue weighted by atomic mass is 9.87. The van der Waals surface area contributed by atoms with E-state index in [1.165, 1.54) is 24.3 Å². The van der Waals surface area contributed by atoms with E-state index < -0.39 is 203 Å². The Hall–Kier alpha value is -7.32. The summed E-state index contributed by atoms with van der Waals surface area (Å²) in [5.41, 5.74) is 10.3. The maximum absolute atomic E-state index is 14.6. The Morgan fingerprint density at radius 3 is 1.73 bits per heavy atom. The van der Waals surface area contributed by atoms with Crippen LogP contribution in [0.4, 0.5) is 0 Å². The number of methoxy groups -OCH3 is 1. The second kappa shape index (κ2) is 30.7. The summed E-state index contributed by atoms with van der Waals surface area (Å²) in [6, 6.07) is 3.98. The molecule has 472 valence electrons. The Morgan fingerprint density at radius 1 is 0.682 bits per heavy atom. The van der Waals surface area contributed by atoms with Gasteiger partial charge in [0.2, 0.25) is 5.91 Å². The molecule has 31 nitrogen and oxygen atoms in total. The number of nitrogens with zero attached hydrogens (tertiary/aromatic N) is 3. The van der Waals surface area contributed by atoms with Gasteiger partial charge in [-0.3, -0.25) is 43.2 Å². The summed E-state index contributed by atoms with van der Waals surface area (Å²) >= 11 is 0. The molecule has 0 radical (unpaired) electrons. The fourth-order valence-corrected chi connectivity index (χ4v) is 10.2. The molecule has 16 atom stereocenters. The van der Waals surface area contributed by atoms with Crippen molar-refractivity contribution in [3.05, 3.63) is 46.3 Å². The van der Waals surface area contributed by atoms with Gasteiger partial charge in [0.05, 0.1) is 31.7 Å². The van der Waals surface area contributed by atoms with Crippen LogP contribution in [0.25, 0.3) is 10.4 Å². The Balaban J connectivity index is 2.07. The molecule has 3 aliphatic heterocycles. The molecule has 3 aliphatic rings. The third-order valence-electron chi connectivity index (χ3n) is 13.5. The summed E-state index contributed by atoms with van der Waals surface area (Å²) in [7, 11) is -2.25. The van der Waals surface area contributed by atoms with Gasteiger partial charge in [-0.25, -0.2) is 9.59 Å².